The lowest BCUT2D eigenvalue weighted by Gasteiger charge is -2.01. The highest BCUT2D eigenvalue weighted by atomic mass is 35.5. The fourth-order valence-electron chi connectivity index (χ4n) is 0.153. The maximum absolute atomic E-state index is 10.2. The Morgan fingerprint density at radius 3 is 2.62 bits per heavy atom. The highest BCUT2D eigenvalue weighted by Crippen LogP contribution is 1.75. The zero-order valence-electron chi connectivity index (χ0n) is 4.10. The molecule has 5 heteroatoms. The molecule has 0 aromatic carbocycles. The van der Waals surface area contributed by atoms with Gasteiger partial charge in [-0.3, -0.25) is 9.63 Å². The molecule has 0 rings (SSSR count). The van der Waals surface area contributed by atoms with Crippen molar-refractivity contribution in [1.29, 1.82) is 0 Å². The van der Waals surface area contributed by atoms with E-state index in [4.69, 9.17) is 22.6 Å². The molecule has 4 N–H and O–H groups in total. The van der Waals surface area contributed by atoms with Gasteiger partial charge in [-0.25, -0.2) is 0 Å². The molecular weight excluding hydrogens is 131 g/mol. The van der Waals surface area contributed by atoms with Gasteiger partial charge in [-0.2, -0.15) is 0 Å². The van der Waals surface area contributed by atoms with Crippen molar-refractivity contribution in [3.05, 3.63) is 0 Å². The summed E-state index contributed by atoms with van der Waals surface area (Å²) >= 11 is 4.83. The molecule has 4 nitrogen and oxygen atoms in total. The zero-order valence-corrected chi connectivity index (χ0v) is 4.85. The summed E-state index contributed by atoms with van der Waals surface area (Å²) < 4.78 is 0. The fraction of sp³-hybridized carbons (Fsp3) is 0.667. The van der Waals surface area contributed by atoms with Crippen LogP contribution in [0, 0.1) is 0 Å². The summed E-state index contributed by atoms with van der Waals surface area (Å²) in [7, 11) is 0. The fourth-order valence-corrected chi connectivity index (χ4v) is 0.293. The standard InChI is InChI=1S/C3H7ClN2O2/c4-6-3(8)2(5)1-7/h2,7H,1,5H2,(H,6,8)/t2-/m0/s1. The van der Waals surface area contributed by atoms with Crippen molar-refractivity contribution in [3.63, 3.8) is 0 Å². The lowest BCUT2D eigenvalue weighted by molar-refractivity contribution is -0.121. The number of carbonyl (C=O) groups excluding carboxylic acids is 1. The van der Waals surface area contributed by atoms with Crippen molar-refractivity contribution in [1.82, 2.24) is 4.84 Å². The summed E-state index contributed by atoms with van der Waals surface area (Å²) in [6.45, 7) is -0.390. The Kier molecular flexibility index (Phi) is 3.51. The molecule has 1 atom stereocenters. The first-order valence-electron chi connectivity index (χ1n) is 1.99. The Hall–Kier alpha value is -0.320. The monoisotopic (exact) mass is 138 g/mol. The van der Waals surface area contributed by atoms with E-state index in [0.29, 0.717) is 0 Å². The molecule has 0 bridgehead atoms. The largest absolute Gasteiger partial charge is 0.394 e. The molecule has 1 amide bonds. The Morgan fingerprint density at radius 2 is 2.50 bits per heavy atom. The third-order valence-corrected chi connectivity index (χ3v) is 0.813. The Labute approximate surface area is 51.7 Å². The summed E-state index contributed by atoms with van der Waals surface area (Å²) in [5, 5.41) is 8.19. The smallest absolute Gasteiger partial charge is 0.253 e. The van der Waals surface area contributed by atoms with Gasteiger partial charge in [-0.15, -0.1) is 0 Å². The molecule has 0 heterocycles. The molecule has 0 spiro atoms. The molecular formula is C3H7ClN2O2. The maximum Gasteiger partial charge on any atom is 0.253 e. The molecule has 0 saturated heterocycles. The van der Waals surface area contributed by atoms with Crippen molar-refractivity contribution < 1.29 is 9.90 Å². The lowest BCUT2D eigenvalue weighted by atomic mass is 10.3. The molecule has 0 radical (unpaired) electrons. The summed E-state index contributed by atoms with van der Waals surface area (Å²) in [4.78, 5) is 12.0. The SMILES string of the molecule is N[C@@H](CO)C(=O)NCl. The molecule has 8 heavy (non-hydrogen) atoms. The van der Waals surface area contributed by atoms with E-state index in [2.05, 4.69) is 0 Å². The Bertz CT molecular complexity index is 87.4. The summed E-state index contributed by atoms with van der Waals surface area (Å²) in [6.07, 6.45) is 0. The van der Waals surface area contributed by atoms with Crippen LogP contribution in [0.1, 0.15) is 0 Å². The van der Waals surface area contributed by atoms with Crippen LogP contribution in [0.2, 0.25) is 0 Å². The van der Waals surface area contributed by atoms with E-state index in [0.717, 1.165) is 0 Å². The topological polar surface area (TPSA) is 75.3 Å². The van der Waals surface area contributed by atoms with Crippen LogP contribution in [-0.4, -0.2) is 23.7 Å². The van der Waals surface area contributed by atoms with Crippen LogP contribution in [-0.2, 0) is 4.79 Å². The van der Waals surface area contributed by atoms with Crippen LogP contribution < -0.4 is 10.6 Å². The minimum Gasteiger partial charge on any atom is -0.394 e. The van der Waals surface area contributed by atoms with E-state index in [1.807, 2.05) is 0 Å². The average Bonchev–Trinajstić information content (AvgIpc) is 1.84. The van der Waals surface area contributed by atoms with Crippen LogP contribution in [0.25, 0.3) is 0 Å². The predicted molar refractivity (Wildman–Crippen MR) is 29.1 cm³/mol. The van der Waals surface area contributed by atoms with Crippen molar-refractivity contribution in [3.8, 4) is 0 Å². The number of carbonyl (C=O) groups is 1. The van der Waals surface area contributed by atoms with E-state index < -0.39 is 18.6 Å². The lowest BCUT2D eigenvalue weighted by Crippen LogP contribution is -2.39. The number of hydrogen-bond acceptors (Lipinski definition) is 3. The Morgan fingerprint density at radius 1 is 2.00 bits per heavy atom. The molecule has 0 aliphatic carbocycles. The molecule has 0 fully saturated rings. The van der Waals surface area contributed by atoms with Gasteiger partial charge in [0.2, 0.25) is 0 Å². The molecule has 0 aromatic rings. The van der Waals surface area contributed by atoms with Crippen LogP contribution in [0.15, 0.2) is 0 Å². The maximum atomic E-state index is 10.2. The van der Waals surface area contributed by atoms with E-state index in [9.17, 15) is 4.79 Å². The number of aliphatic hydroxyl groups is 1. The molecule has 0 saturated carbocycles. The number of amides is 1. The number of hydrogen-bond donors (Lipinski definition) is 3. The highest BCUT2D eigenvalue weighted by molar-refractivity contribution is 6.22. The molecule has 0 aliphatic heterocycles. The normalized spacial score (nSPS) is 12.9. The third-order valence-electron chi connectivity index (χ3n) is 0.627. The molecule has 48 valence electrons. The van der Waals surface area contributed by atoms with Crippen LogP contribution >= 0.6 is 11.8 Å². The van der Waals surface area contributed by atoms with Crippen molar-refractivity contribution in [2.45, 2.75) is 6.04 Å². The van der Waals surface area contributed by atoms with E-state index in [-0.39, 0.29) is 0 Å². The minimum atomic E-state index is -0.910. The molecule has 0 unspecified atom stereocenters. The van der Waals surface area contributed by atoms with Crippen molar-refractivity contribution >= 4 is 17.7 Å². The van der Waals surface area contributed by atoms with Gasteiger partial charge in [-0.1, -0.05) is 0 Å². The van der Waals surface area contributed by atoms with Crippen molar-refractivity contribution in [2.75, 3.05) is 6.61 Å². The van der Waals surface area contributed by atoms with Gasteiger partial charge in [0.1, 0.15) is 6.04 Å². The van der Waals surface area contributed by atoms with E-state index in [1.54, 1.807) is 4.84 Å². The highest BCUT2D eigenvalue weighted by Gasteiger charge is 2.08. The first-order valence-corrected chi connectivity index (χ1v) is 2.37. The van der Waals surface area contributed by atoms with Crippen LogP contribution in [0.5, 0.6) is 0 Å². The van der Waals surface area contributed by atoms with Crippen molar-refractivity contribution in [2.24, 2.45) is 5.73 Å². The predicted octanol–water partition coefficient (Wildman–Crippen LogP) is -1.42. The summed E-state index contributed by atoms with van der Waals surface area (Å²) in [5.74, 6) is -0.575. The first kappa shape index (κ1) is 7.68. The van der Waals surface area contributed by atoms with E-state index >= 15 is 0 Å². The van der Waals surface area contributed by atoms with E-state index in [1.165, 1.54) is 0 Å². The number of nitrogens with one attached hydrogen (secondary N) is 1. The summed E-state index contributed by atoms with van der Waals surface area (Å²) in [5.41, 5.74) is 4.98. The number of aliphatic hydroxyl groups excluding tert-OH is 1. The van der Waals surface area contributed by atoms with Crippen LogP contribution in [0.4, 0.5) is 0 Å². The second-order valence-corrected chi connectivity index (χ2v) is 1.44. The van der Waals surface area contributed by atoms with Gasteiger partial charge in [0.25, 0.3) is 5.91 Å². The second kappa shape index (κ2) is 3.65. The number of rotatable bonds is 2. The van der Waals surface area contributed by atoms with Gasteiger partial charge in [-0.05, 0) is 0 Å². The van der Waals surface area contributed by atoms with Gasteiger partial charge in [0.05, 0.1) is 6.61 Å². The Balaban J connectivity index is 3.46. The average molecular weight is 139 g/mol. The van der Waals surface area contributed by atoms with Gasteiger partial charge in [0.15, 0.2) is 0 Å². The third kappa shape index (κ3) is 2.11. The quantitative estimate of drug-likeness (QED) is 0.410. The summed E-state index contributed by atoms with van der Waals surface area (Å²) in [6, 6.07) is -0.910. The van der Waals surface area contributed by atoms with Gasteiger partial charge >= 0.3 is 0 Å². The number of nitrogens with two attached hydrogens (primary N) is 1. The molecule has 0 aliphatic rings. The van der Waals surface area contributed by atoms with Crippen LogP contribution in [0.3, 0.4) is 0 Å². The first-order chi connectivity index (χ1) is 3.72. The number of halogens is 1. The molecule has 0 aromatic heterocycles. The van der Waals surface area contributed by atoms with Gasteiger partial charge in [0, 0.05) is 11.8 Å². The second-order valence-electron chi connectivity index (χ2n) is 1.25. The van der Waals surface area contributed by atoms with Gasteiger partial charge < -0.3 is 10.8 Å². The zero-order chi connectivity index (χ0) is 6.57. The minimum absolute atomic E-state index is 0.390.